The first-order chi connectivity index (χ1) is 12.5. The van der Waals surface area contributed by atoms with Gasteiger partial charge >= 0.3 is 0 Å². The molecule has 0 aromatic carbocycles. The predicted octanol–water partition coefficient (Wildman–Crippen LogP) is 1.66. The van der Waals surface area contributed by atoms with Crippen molar-refractivity contribution in [1.82, 2.24) is 19.9 Å². The largest absolute Gasteiger partial charge is 0.381 e. The number of pyridine rings is 1. The SMILES string of the molecule is CC1(C)OCC(CNC(=O)c2cnc3c(c2)ncn3C2CCOCC2)O1. The van der Waals surface area contributed by atoms with Crippen molar-refractivity contribution < 1.29 is 19.0 Å². The van der Waals surface area contributed by atoms with Gasteiger partial charge in [0.1, 0.15) is 11.6 Å². The molecule has 1 atom stereocenters. The van der Waals surface area contributed by atoms with Gasteiger partial charge in [0.2, 0.25) is 0 Å². The third kappa shape index (κ3) is 3.58. The molecule has 2 fully saturated rings. The summed E-state index contributed by atoms with van der Waals surface area (Å²) in [6.45, 7) is 6.11. The summed E-state index contributed by atoms with van der Waals surface area (Å²) in [5.41, 5.74) is 2.03. The molecular weight excluding hydrogens is 336 g/mol. The minimum Gasteiger partial charge on any atom is -0.381 e. The van der Waals surface area contributed by atoms with Crippen molar-refractivity contribution in [2.75, 3.05) is 26.4 Å². The number of amides is 1. The van der Waals surface area contributed by atoms with Crippen molar-refractivity contribution in [2.45, 2.75) is 44.6 Å². The number of fused-ring (bicyclic) bond motifs is 1. The van der Waals surface area contributed by atoms with E-state index in [1.54, 1.807) is 18.6 Å². The Morgan fingerprint density at radius 3 is 2.88 bits per heavy atom. The van der Waals surface area contributed by atoms with Gasteiger partial charge in [-0.25, -0.2) is 9.97 Å². The molecule has 2 aliphatic rings. The van der Waals surface area contributed by atoms with Crippen LogP contribution in [0.5, 0.6) is 0 Å². The number of nitrogens with one attached hydrogen (secondary N) is 1. The average molecular weight is 360 g/mol. The third-order valence-corrected chi connectivity index (χ3v) is 4.82. The van der Waals surface area contributed by atoms with Crippen LogP contribution in [0.4, 0.5) is 0 Å². The van der Waals surface area contributed by atoms with Crippen LogP contribution in [0.25, 0.3) is 11.2 Å². The normalized spacial score (nSPS) is 23.4. The lowest BCUT2D eigenvalue weighted by Gasteiger charge is -2.23. The predicted molar refractivity (Wildman–Crippen MR) is 93.9 cm³/mol. The van der Waals surface area contributed by atoms with Crippen LogP contribution < -0.4 is 5.32 Å². The summed E-state index contributed by atoms with van der Waals surface area (Å²) in [4.78, 5) is 21.3. The summed E-state index contributed by atoms with van der Waals surface area (Å²) in [6, 6.07) is 2.13. The number of ether oxygens (including phenoxy) is 3. The quantitative estimate of drug-likeness (QED) is 0.892. The van der Waals surface area contributed by atoms with Crippen LogP contribution in [0.2, 0.25) is 0 Å². The highest BCUT2D eigenvalue weighted by Gasteiger charge is 2.32. The van der Waals surface area contributed by atoms with E-state index in [0.717, 1.165) is 37.2 Å². The van der Waals surface area contributed by atoms with Crippen LogP contribution in [-0.4, -0.2) is 58.7 Å². The zero-order chi connectivity index (χ0) is 18.1. The molecular formula is C18H24N4O4. The lowest BCUT2D eigenvalue weighted by atomic mass is 10.1. The van der Waals surface area contributed by atoms with Gasteiger partial charge in [-0.1, -0.05) is 0 Å². The lowest BCUT2D eigenvalue weighted by Crippen LogP contribution is -2.34. The number of carbonyl (C=O) groups excluding carboxylic acids is 1. The van der Waals surface area contributed by atoms with Gasteiger partial charge in [-0.3, -0.25) is 4.79 Å². The van der Waals surface area contributed by atoms with Crippen LogP contribution in [0, 0.1) is 0 Å². The summed E-state index contributed by atoms with van der Waals surface area (Å²) in [7, 11) is 0. The smallest absolute Gasteiger partial charge is 0.253 e. The average Bonchev–Trinajstić information content (AvgIpc) is 3.22. The van der Waals surface area contributed by atoms with Crippen molar-refractivity contribution >= 4 is 17.1 Å². The molecule has 0 aliphatic carbocycles. The molecule has 26 heavy (non-hydrogen) atoms. The molecule has 0 radical (unpaired) electrons. The lowest BCUT2D eigenvalue weighted by molar-refractivity contribution is -0.137. The molecule has 8 heteroatoms. The molecule has 4 heterocycles. The Balaban J connectivity index is 1.43. The molecule has 2 aliphatic heterocycles. The summed E-state index contributed by atoms with van der Waals surface area (Å²) in [6.07, 6.45) is 5.18. The Hall–Kier alpha value is -2.03. The Bertz CT molecular complexity index is 798. The van der Waals surface area contributed by atoms with Gasteiger partial charge in [0.25, 0.3) is 5.91 Å². The number of imidazole rings is 1. The van der Waals surface area contributed by atoms with Crippen molar-refractivity contribution in [3.05, 3.63) is 24.2 Å². The van der Waals surface area contributed by atoms with E-state index in [0.29, 0.717) is 24.8 Å². The molecule has 0 saturated carbocycles. The number of nitrogens with zero attached hydrogens (tertiary/aromatic N) is 3. The number of rotatable bonds is 4. The van der Waals surface area contributed by atoms with E-state index in [9.17, 15) is 4.79 Å². The highest BCUT2D eigenvalue weighted by molar-refractivity contribution is 5.96. The molecule has 1 amide bonds. The molecule has 0 spiro atoms. The number of carbonyl (C=O) groups is 1. The van der Waals surface area contributed by atoms with Crippen LogP contribution in [0.15, 0.2) is 18.6 Å². The molecule has 1 unspecified atom stereocenters. The van der Waals surface area contributed by atoms with Crippen LogP contribution in [0.1, 0.15) is 43.1 Å². The van der Waals surface area contributed by atoms with Crippen molar-refractivity contribution in [2.24, 2.45) is 0 Å². The highest BCUT2D eigenvalue weighted by Crippen LogP contribution is 2.25. The number of aromatic nitrogens is 3. The molecule has 0 bridgehead atoms. The number of hydrogen-bond donors (Lipinski definition) is 1. The fraction of sp³-hybridized carbons (Fsp3) is 0.611. The highest BCUT2D eigenvalue weighted by atomic mass is 16.7. The molecule has 2 aromatic rings. The van der Waals surface area contributed by atoms with Gasteiger partial charge in [-0.15, -0.1) is 0 Å². The maximum atomic E-state index is 12.4. The Morgan fingerprint density at radius 2 is 2.15 bits per heavy atom. The van der Waals surface area contributed by atoms with E-state index in [1.165, 1.54) is 0 Å². The van der Waals surface area contributed by atoms with Crippen molar-refractivity contribution in [1.29, 1.82) is 0 Å². The zero-order valence-electron chi connectivity index (χ0n) is 15.1. The zero-order valence-corrected chi connectivity index (χ0v) is 15.1. The molecule has 2 saturated heterocycles. The monoisotopic (exact) mass is 360 g/mol. The first kappa shape index (κ1) is 17.4. The van der Waals surface area contributed by atoms with E-state index in [2.05, 4.69) is 19.9 Å². The van der Waals surface area contributed by atoms with Gasteiger partial charge < -0.3 is 24.1 Å². The summed E-state index contributed by atoms with van der Waals surface area (Å²) in [5, 5.41) is 2.88. The Labute approximate surface area is 151 Å². The molecule has 1 N–H and O–H groups in total. The molecule has 8 nitrogen and oxygen atoms in total. The molecule has 140 valence electrons. The van der Waals surface area contributed by atoms with E-state index in [1.807, 2.05) is 13.8 Å². The van der Waals surface area contributed by atoms with Gasteiger partial charge in [0.05, 0.1) is 18.5 Å². The van der Waals surface area contributed by atoms with Gasteiger partial charge in [0, 0.05) is 32.0 Å². The fourth-order valence-electron chi connectivity index (χ4n) is 3.45. The topological polar surface area (TPSA) is 87.5 Å². The van der Waals surface area contributed by atoms with Gasteiger partial charge in [-0.2, -0.15) is 0 Å². The second kappa shape index (κ2) is 6.94. The van der Waals surface area contributed by atoms with E-state index < -0.39 is 5.79 Å². The summed E-state index contributed by atoms with van der Waals surface area (Å²) in [5.74, 6) is -0.777. The van der Waals surface area contributed by atoms with E-state index >= 15 is 0 Å². The Kier molecular flexibility index (Phi) is 4.64. The maximum absolute atomic E-state index is 12.4. The first-order valence-electron chi connectivity index (χ1n) is 9.02. The van der Waals surface area contributed by atoms with Crippen LogP contribution in [0.3, 0.4) is 0 Å². The first-order valence-corrected chi connectivity index (χ1v) is 9.02. The summed E-state index contributed by atoms with van der Waals surface area (Å²) < 4.78 is 18.7. The second-order valence-electron chi connectivity index (χ2n) is 7.22. The minimum absolute atomic E-state index is 0.140. The molecule has 4 rings (SSSR count). The van der Waals surface area contributed by atoms with Crippen molar-refractivity contribution in [3.8, 4) is 0 Å². The van der Waals surface area contributed by atoms with Gasteiger partial charge in [0.15, 0.2) is 11.4 Å². The molecule has 2 aromatic heterocycles. The second-order valence-corrected chi connectivity index (χ2v) is 7.22. The van der Waals surface area contributed by atoms with E-state index in [-0.39, 0.29) is 12.0 Å². The third-order valence-electron chi connectivity index (χ3n) is 4.82. The Morgan fingerprint density at radius 1 is 1.35 bits per heavy atom. The minimum atomic E-state index is -0.590. The standard InChI is InChI=1S/C18H24N4O4/c1-18(2)25-10-14(26-18)9-20-17(23)12-7-15-16(19-8-12)22(11-21-15)13-3-5-24-6-4-13/h7-8,11,13-14H,3-6,9-10H2,1-2H3,(H,20,23). The summed E-state index contributed by atoms with van der Waals surface area (Å²) >= 11 is 0. The van der Waals surface area contributed by atoms with Crippen LogP contribution in [-0.2, 0) is 14.2 Å². The maximum Gasteiger partial charge on any atom is 0.253 e. The van der Waals surface area contributed by atoms with Gasteiger partial charge in [-0.05, 0) is 32.8 Å². The fourth-order valence-corrected chi connectivity index (χ4v) is 3.45. The van der Waals surface area contributed by atoms with Crippen molar-refractivity contribution in [3.63, 3.8) is 0 Å². The van der Waals surface area contributed by atoms with Crippen LogP contribution >= 0.6 is 0 Å². The number of hydrogen-bond acceptors (Lipinski definition) is 6. The van der Waals surface area contributed by atoms with E-state index in [4.69, 9.17) is 14.2 Å².